The molecular formula is C18H28N2O. The van der Waals surface area contributed by atoms with Gasteiger partial charge in [-0.25, -0.2) is 0 Å². The van der Waals surface area contributed by atoms with Crippen LogP contribution in [0, 0.1) is 11.8 Å². The van der Waals surface area contributed by atoms with E-state index in [1.54, 1.807) is 0 Å². The fraction of sp³-hybridized carbons (Fsp3) is 0.611. The van der Waals surface area contributed by atoms with E-state index in [1.807, 2.05) is 11.9 Å². The quantitative estimate of drug-likeness (QED) is 0.872. The third kappa shape index (κ3) is 4.85. The standard InChI is InChI=1S/C18H28N2O/c1-14(2)10-15-4-6-16(7-5-15)11-18(21)20-9-8-17(13-20)12-19-3/h4-7,14,17,19H,8-13H2,1-3H3. The summed E-state index contributed by atoms with van der Waals surface area (Å²) >= 11 is 0. The van der Waals surface area contributed by atoms with Gasteiger partial charge in [-0.15, -0.1) is 0 Å². The Kier molecular flexibility index (Phi) is 5.80. The molecule has 3 nitrogen and oxygen atoms in total. The van der Waals surface area contributed by atoms with Crippen LogP contribution in [0.4, 0.5) is 0 Å². The van der Waals surface area contributed by atoms with Gasteiger partial charge in [0.05, 0.1) is 6.42 Å². The molecule has 116 valence electrons. The molecule has 1 fully saturated rings. The summed E-state index contributed by atoms with van der Waals surface area (Å²) in [6, 6.07) is 8.54. The number of hydrogen-bond donors (Lipinski definition) is 1. The zero-order valence-electron chi connectivity index (χ0n) is 13.6. The molecule has 21 heavy (non-hydrogen) atoms. The summed E-state index contributed by atoms with van der Waals surface area (Å²) in [5, 5.41) is 3.20. The molecule has 1 atom stereocenters. The predicted octanol–water partition coefficient (Wildman–Crippen LogP) is 2.50. The van der Waals surface area contributed by atoms with Crippen molar-refractivity contribution in [3.8, 4) is 0 Å². The van der Waals surface area contributed by atoms with Gasteiger partial charge in [0, 0.05) is 13.1 Å². The molecule has 1 aliphatic rings. The highest BCUT2D eigenvalue weighted by atomic mass is 16.2. The zero-order valence-corrected chi connectivity index (χ0v) is 13.6. The normalized spacial score (nSPS) is 18.5. The van der Waals surface area contributed by atoms with Crippen molar-refractivity contribution in [2.75, 3.05) is 26.7 Å². The molecule has 0 aromatic heterocycles. The smallest absolute Gasteiger partial charge is 0.226 e. The number of nitrogens with zero attached hydrogens (tertiary/aromatic N) is 1. The van der Waals surface area contributed by atoms with Crippen LogP contribution in [0.5, 0.6) is 0 Å². The lowest BCUT2D eigenvalue weighted by Gasteiger charge is -2.17. The number of rotatable bonds is 6. The monoisotopic (exact) mass is 288 g/mol. The molecule has 1 N–H and O–H groups in total. The predicted molar refractivity (Wildman–Crippen MR) is 87.3 cm³/mol. The van der Waals surface area contributed by atoms with Crippen molar-refractivity contribution < 1.29 is 4.79 Å². The van der Waals surface area contributed by atoms with E-state index in [-0.39, 0.29) is 5.91 Å². The molecule has 1 aromatic rings. The second kappa shape index (κ2) is 7.60. The number of hydrogen-bond acceptors (Lipinski definition) is 2. The average molecular weight is 288 g/mol. The molecule has 0 bridgehead atoms. The first-order chi connectivity index (χ1) is 10.1. The van der Waals surface area contributed by atoms with E-state index >= 15 is 0 Å². The van der Waals surface area contributed by atoms with Crippen LogP contribution in [0.2, 0.25) is 0 Å². The highest BCUT2D eigenvalue weighted by Crippen LogP contribution is 2.17. The highest BCUT2D eigenvalue weighted by Gasteiger charge is 2.25. The Hall–Kier alpha value is -1.35. The van der Waals surface area contributed by atoms with Crippen LogP contribution in [-0.4, -0.2) is 37.5 Å². The van der Waals surface area contributed by atoms with Crippen LogP contribution in [0.15, 0.2) is 24.3 Å². The van der Waals surface area contributed by atoms with Gasteiger partial charge in [0.1, 0.15) is 0 Å². The molecule has 1 unspecified atom stereocenters. The minimum Gasteiger partial charge on any atom is -0.342 e. The Bertz CT molecular complexity index is 453. The summed E-state index contributed by atoms with van der Waals surface area (Å²) in [6.07, 6.45) is 2.76. The lowest BCUT2D eigenvalue weighted by molar-refractivity contribution is -0.129. The molecule has 0 saturated carbocycles. The summed E-state index contributed by atoms with van der Waals surface area (Å²) < 4.78 is 0. The van der Waals surface area contributed by atoms with Gasteiger partial charge in [-0.05, 0) is 49.4 Å². The summed E-state index contributed by atoms with van der Waals surface area (Å²) in [7, 11) is 1.98. The van der Waals surface area contributed by atoms with Gasteiger partial charge in [0.25, 0.3) is 0 Å². The Morgan fingerprint density at radius 3 is 2.57 bits per heavy atom. The summed E-state index contributed by atoms with van der Waals surface area (Å²) in [4.78, 5) is 14.4. The average Bonchev–Trinajstić information content (AvgIpc) is 2.89. The fourth-order valence-electron chi connectivity index (χ4n) is 3.07. The Balaban J connectivity index is 1.85. The third-order valence-electron chi connectivity index (χ3n) is 4.15. The van der Waals surface area contributed by atoms with Crippen LogP contribution >= 0.6 is 0 Å². The summed E-state index contributed by atoms with van der Waals surface area (Å²) in [5.74, 6) is 1.56. The van der Waals surface area contributed by atoms with Crippen LogP contribution in [0.3, 0.4) is 0 Å². The maximum atomic E-state index is 12.3. The van der Waals surface area contributed by atoms with E-state index in [2.05, 4.69) is 43.4 Å². The maximum absolute atomic E-state index is 12.3. The van der Waals surface area contributed by atoms with Gasteiger partial charge >= 0.3 is 0 Å². The van der Waals surface area contributed by atoms with Crippen molar-refractivity contribution in [3.05, 3.63) is 35.4 Å². The molecule has 1 heterocycles. The van der Waals surface area contributed by atoms with Crippen LogP contribution in [0.1, 0.15) is 31.4 Å². The van der Waals surface area contributed by atoms with E-state index < -0.39 is 0 Å². The highest BCUT2D eigenvalue weighted by molar-refractivity contribution is 5.79. The molecular weight excluding hydrogens is 260 g/mol. The first-order valence-electron chi connectivity index (χ1n) is 8.08. The molecule has 0 radical (unpaired) electrons. The topological polar surface area (TPSA) is 32.3 Å². The number of benzene rings is 1. The Morgan fingerprint density at radius 2 is 1.95 bits per heavy atom. The van der Waals surface area contributed by atoms with Gasteiger partial charge in [-0.1, -0.05) is 38.1 Å². The molecule has 0 aliphatic carbocycles. The number of nitrogens with one attached hydrogen (secondary N) is 1. The Labute approximate surface area is 128 Å². The largest absolute Gasteiger partial charge is 0.342 e. The van der Waals surface area contributed by atoms with Crippen LogP contribution < -0.4 is 5.32 Å². The van der Waals surface area contributed by atoms with E-state index in [1.165, 1.54) is 5.56 Å². The van der Waals surface area contributed by atoms with Crippen molar-refractivity contribution in [3.63, 3.8) is 0 Å². The number of carbonyl (C=O) groups excluding carboxylic acids is 1. The van der Waals surface area contributed by atoms with Crippen molar-refractivity contribution in [1.82, 2.24) is 10.2 Å². The van der Waals surface area contributed by atoms with E-state index in [0.29, 0.717) is 18.3 Å². The van der Waals surface area contributed by atoms with Gasteiger partial charge in [0.15, 0.2) is 0 Å². The van der Waals surface area contributed by atoms with Gasteiger partial charge in [-0.3, -0.25) is 4.79 Å². The minimum absolute atomic E-state index is 0.269. The van der Waals surface area contributed by atoms with E-state index in [4.69, 9.17) is 0 Å². The van der Waals surface area contributed by atoms with Crippen LogP contribution in [0.25, 0.3) is 0 Å². The van der Waals surface area contributed by atoms with Crippen molar-refractivity contribution in [2.24, 2.45) is 11.8 Å². The number of amides is 1. The molecule has 3 heteroatoms. The molecule has 0 spiro atoms. The molecule has 1 aliphatic heterocycles. The fourth-order valence-corrected chi connectivity index (χ4v) is 3.07. The summed E-state index contributed by atoms with van der Waals surface area (Å²) in [6.45, 7) is 7.29. The number of likely N-dealkylation sites (tertiary alicyclic amines) is 1. The van der Waals surface area contributed by atoms with Crippen molar-refractivity contribution in [2.45, 2.75) is 33.1 Å². The lowest BCUT2D eigenvalue weighted by atomic mass is 10.0. The second-order valence-electron chi connectivity index (χ2n) is 6.64. The van der Waals surface area contributed by atoms with Gasteiger partial charge < -0.3 is 10.2 Å². The van der Waals surface area contributed by atoms with Gasteiger partial charge in [0.2, 0.25) is 5.91 Å². The second-order valence-corrected chi connectivity index (χ2v) is 6.64. The molecule has 1 aromatic carbocycles. The molecule has 2 rings (SSSR count). The van der Waals surface area contributed by atoms with Gasteiger partial charge in [-0.2, -0.15) is 0 Å². The van der Waals surface area contributed by atoms with Crippen molar-refractivity contribution in [1.29, 1.82) is 0 Å². The lowest BCUT2D eigenvalue weighted by Crippen LogP contribution is -2.31. The first-order valence-corrected chi connectivity index (χ1v) is 8.08. The minimum atomic E-state index is 0.269. The Morgan fingerprint density at radius 1 is 1.29 bits per heavy atom. The van der Waals surface area contributed by atoms with E-state index in [0.717, 1.165) is 38.0 Å². The number of carbonyl (C=O) groups is 1. The molecule has 1 saturated heterocycles. The maximum Gasteiger partial charge on any atom is 0.226 e. The third-order valence-corrected chi connectivity index (χ3v) is 4.15. The summed E-state index contributed by atoms with van der Waals surface area (Å²) in [5.41, 5.74) is 2.49. The van der Waals surface area contributed by atoms with Crippen LogP contribution in [-0.2, 0) is 17.6 Å². The SMILES string of the molecule is CNCC1CCN(C(=O)Cc2ccc(CC(C)C)cc2)C1. The molecule has 1 amide bonds. The first kappa shape index (κ1) is 16.0. The zero-order chi connectivity index (χ0) is 15.2. The van der Waals surface area contributed by atoms with Crippen molar-refractivity contribution >= 4 is 5.91 Å². The van der Waals surface area contributed by atoms with E-state index in [9.17, 15) is 4.79 Å².